The highest BCUT2D eigenvalue weighted by atomic mass is 35.5. The number of aryl methyl sites for hydroxylation is 1. The summed E-state index contributed by atoms with van der Waals surface area (Å²) in [6, 6.07) is 3.73. The minimum atomic E-state index is -0.104. The molecule has 0 spiro atoms. The van der Waals surface area contributed by atoms with E-state index in [1.165, 1.54) is 11.3 Å². The first kappa shape index (κ1) is 11.6. The average molecular weight is 257 g/mol. The van der Waals surface area contributed by atoms with Crippen molar-refractivity contribution in [3.05, 3.63) is 39.6 Å². The molecule has 0 aliphatic heterocycles. The van der Waals surface area contributed by atoms with Crippen LogP contribution in [0.4, 0.5) is 0 Å². The molecular weight excluding hydrogens is 244 g/mol. The lowest BCUT2D eigenvalue weighted by Gasteiger charge is -2.15. The summed E-state index contributed by atoms with van der Waals surface area (Å²) in [5, 5.41) is 0. The molecule has 1 unspecified atom stereocenters. The average Bonchev–Trinajstić information content (AvgIpc) is 2.89. The highest BCUT2D eigenvalue weighted by Gasteiger charge is 2.18. The van der Waals surface area contributed by atoms with Gasteiger partial charge in [0.2, 0.25) is 0 Å². The number of imidazole rings is 1. The number of nitrogens with zero attached hydrogens (tertiary/aromatic N) is 2. The van der Waals surface area contributed by atoms with Gasteiger partial charge in [-0.2, -0.15) is 0 Å². The third-order valence-electron chi connectivity index (χ3n) is 2.39. The molecule has 0 fully saturated rings. The second-order valence-corrected chi connectivity index (χ2v) is 5.06. The SMILES string of the molecule is CCn1ccnc1C(NN)c1ccc(Cl)s1. The van der Waals surface area contributed by atoms with E-state index in [0.717, 1.165) is 21.6 Å². The van der Waals surface area contributed by atoms with E-state index in [9.17, 15) is 0 Å². The lowest BCUT2D eigenvalue weighted by molar-refractivity contribution is 0.567. The summed E-state index contributed by atoms with van der Waals surface area (Å²) in [5.74, 6) is 6.50. The molecule has 0 saturated carbocycles. The van der Waals surface area contributed by atoms with Crippen LogP contribution in [0.1, 0.15) is 23.7 Å². The monoisotopic (exact) mass is 256 g/mol. The highest BCUT2D eigenvalue weighted by molar-refractivity contribution is 7.16. The zero-order valence-electron chi connectivity index (χ0n) is 8.85. The Morgan fingerprint density at radius 1 is 1.62 bits per heavy atom. The molecule has 2 rings (SSSR count). The summed E-state index contributed by atoms with van der Waals surface area (Å²) in [5.41, 5.74) is 2.78. The number of nitrogens with one attached hydrogen (secondary N) is 1. The molecule has 0 radical (unpaired) electrons. The smallest absolute Gasteiger partial charge is 0.132 e. The van der Waals surface area contributed by atoms with E-state index in [-0.39, 0.29) is 6.04 Å². The van der Waals surface area contributed by atoms with Crippen LogP contribution in [0.2, 0.25) is 4.34 Å². The molecule has 0 aliphatic carbocycles. The number of nitrogens with two attached hydrogens (primary N) is 1. The largest absolute Gasteiger partial charge is 0.334 e. The Morgan fingerprint density at radius 3 is 3.00 bits per heavy atom. The van der Waals surface area contributed by atoms with Gasteiger partial charge >= 0.3 is 0 Å². The van der Waals surface area contributed by atoms with Crippen molar-refractivity contribution in [3.63, 3.8) is 0 Å². The Morgan fingerprint density at radius 2 is 2.44 bits per heavy atom. The molecule has 86 valence electrons. The number of hydrogen-bond acceptors (Lipinski definition) is 4. The predicted molar refractivity (Wildman–Crippen MR) is 66.4 cm³/mol. The van der Waals surface area contributed by atoms with Gasteiger partial charge in [0.25, 0.3) is 0 Å². The van der Waals surface area contributed by atoms with Gasteiger partial charge in [-0.3, -0.25) is 5.84 Å². The van der Waals surface area contributed by atoms with Crippen LogP contribution < -0.4 is 11.3 Å². The minimum absolute atomic E-state index is 0.104. The van der Waals surface area contributed by atoms with Gasteiger partial charge in [-0.25, -0.2) is 10.4 Å². The van der Waals surface area contributed by atoms with Crippen LogP contribution in [-0.4, -0.2) is 9.55 Å². The van der Waals surface area contributed by atoms with Crippen molar-refractivity contribution < 1.29 is 0 Å². The second kappa shape index (κ2) is 4.97. The van der Waals surface area contributed by atoms with Gasteiger partial charge in [0.05, 0.1) is 4.34 Å². The van der Waals surface area contributed by atoms with Crippen molar-refractivity contribution in [2.75, 3.05) is 0 Å². The number of thiophene rings is 1. The molecule has 0 aliphatic rings. The molecule has 0 saturated heterocycles. The Balaban J connectivity index is 2.36. The normalized spacial score (nSPS) is 12.9. The first-order chi connectivity index (χ1) is 7.76. The third kappa shape index (κ3) is 2.12. The number of aromatic nitrogens is 2. The van der Waals surface area contributed by atoms with Crippen LogP contribution >= 0.6 is 22.9 Å². The third-order valence-corrected chi connectivity index (χ3v) is 3.69. The molecule has 2 aromatic rings. The van der Waals surface area contributed by atoms with Gasteiger partial charge in [-0.1, -0.05) is 11.6 Å². The van der Waals surface area contributed by atoms with Gasteiger partial charge in [-0.15, -0.1) is 11.3 Å². The fourth-order valence-corrected chi connectivity index (χ4v) is 2.73. The van der Waals surface area contributed by atoms with Crippen molar-refractivity contribution in [1.82, 2.24) is 15.0 Å². The molecular formula is C10H13ClN4S. The van der Waals surface area contributed by atoms with Gasteiger partial charge < -0.3 is 4.57 Å². The van der Waals surface area contributed by atoms with Crippen molar-refractivity contribution in [2.45, 2.75) is 19.5 Å². The Hall–Kier alpha value is -0.880. The summed E-state index contributed by atoms with van der Waals surface area (Å²) in [6.07, 6.45) is 3.72. The zero-order chi connectivity index (χ0) is 11.5. The van der Waals surface area contributed by atoms with E-state index < -0.39 is 0 Å². The van der Waals surface area contributed by atoms with Gasteiger partial charge in [0.1, 0.15) is 11.9 Å². The van der Waals surface area contributed by atoms with E-state index in [1.54, 1.807) is 6.20 Å². The van der Waals surface area contributed by atoms with Crippen LogP contribution in [0.15, 0.2) is 24.5 Å². The maximum atomic E-state index is 5.92. The van der Waals surface area contributed by atoms with Gasteiger partial charge in [-0.05, 0) is 19.1 Å². The second-order valence-electron chi connectivity index (χ2n) is 3.31. The molecule has 16 heavy (non-hydrogen) atoms. The van der Waals surface area contributed by atoms with Gasteiger partial charge in [0, 0.05) is 23.8 Å². The quantitative estimate of drug-likeness (QED) is 0.651. The van der Waals surface area contributed by atoms with Crippen LogP contribution in [0.25, 0.3) is 0 Å². The highest BCUT2D eigenvalue weighted by Crippen LogP contribution is 2.29. The van der Waals surface area contributed by atoms with Crippen molar-refractivity contribution in [2.24, 2.45) is 5.84 Å². The topological polar surface area (TPSA) is 55.9 Å². The van der Waals surface area contributed by atoms with Gasteiger partial charge in [0.15, 0.2) is 0 Å². The van der Waals surface area contributed by atoms with E-state index in [1.807, 2.05) is 18.3 Å². The summed E-state index contributed by atoms with van der Waals surface area (Å²) in [6.45, 7) is 2.94. The van der Waals surface area contributed by atoms with E-state index in [2.05, 4.69) is 21.9 Å². The summed E-state index contributed by atoms with van der Waals surface area (Å²) in [4.78, 5) is 5.39. The molecule has 2 heterocycles. The minimum Gasteiger partial charge on any atom is -0.334 e. The lowest BCUT2D eigenvalue weighted by atomic mass is 10.2. The number of hydrazine groups is 1. The van der Waals surface area contributed by atoms with Crippen LogP contribution in [0.5, 0.6) is 0 Å². The number of rotatable bonds is 4. The summed E-state index contributed by atoms with van der Waals surface area (Å²) < 4.78 is 2.81. The van der Waals surface area contributed by atoms with E-state index >= 15 is 0 Å². The van der Waals surface area contributed by atoms with Crippen LogP contribution in [0, 0.1) is 0 Å². The van der Waals surface area contributed by atoms with E-state index in [0.29, 0.717) is 0 Å². The fourth-order valence-electron chi connectivity index (χ4n) is 1.62. The first-order valence-corrected chi connectivity index (χ1v) is 6.18. The zero-order valence-corrected chi connectivity index (χ0v) is 10.4. The van der Waals surface area contributed by atoms with Crippen molar-refractivity contribution in [1.29, 1.82) is 0 Å². The fraction of sp³-hybridized carbons (Fsp3) is 0.300. The number of hydrogen-bond donors (Lipinski definition) is 2. The summed E-state index contributed by atoms with van der Waals surface area (Å²) in [7, 11) is 0. The van der Waals surface area contributed by atoms with Crippen LogP contribution in [0.3, 0.4) is 0 Å². The molecule has 0 bridgehead atoms. The predicted octanol–water partition coefficient (Wildman–Crippen LogP) is 2.17. The van der Waals surface area contributed by atoms with Crippen molar-refractivity contribution >= 4 is 22.9 Å². The molecule has 6 heteroatoms. The molecule has 0 amide bonds. The first-order valence-electron chi connectivity index (χ1n) is 4.98. The molecule has 2 aromatic heterocycles. The molecule has 4 nitrogen and oxygen atoms in total. The van der Waals surface area contributed by atoms with Crippen LogP contribution in [-0.2, 0) is 6.54 Å². The van der Waals surface area contributed by atoms with E-state index in [4.69, 9.17) is 17.4 Å². The van der Waals surface area contributed by atoms with Crippen molar-refractivity contribution in [3.8, 4) is 0 Å². The maximum absolute atomic E-state index is 5.92. The molecule has 0 aromatic carbocycles. The maximum Gasteiger partial charge on any atom is 0.132 e. The number of halogens is 1. The Kier molecular flexibility index (Phi) is 3.60. The Labute approximate surface area is 103 Å². The lowest BCUT2D eigenvalue weighted by Crippen LogP contribution is -2.30. The Bertz CT molecular complexity index is 465. The standard InChI is InChI=1S/C10H13ClN4S/c1-2-15-6-5-13-10(15)9(14-12)7-3-4-8(11)16-7/h3-6,9,14H,2,12H2,1H3. The summed E-state index contributed by atoms with van der Waals surface area (Å²) >= 11 is 7.43. The molecule has 1 atom stereocenters. The molecule has 3 N–H and O–H groups in total.